The molecule has 0 radical (unpaired) electrons. The zero-order valence-electron chi connectivity index (χ0n) is 17.7. The Labute approximate surface area is 181 Å². The lowest BCUT2D eigenvalue weighted by atomic mass is 9.97. The summed E-state index contributed by atoms with van der Waals surface area (Å²) in [5, 5.41) is 0. The molecule has 31 heavy (non-hydrogen) atoms. The molecule has 6 heteroatoms. The van der Waals surface area contributed by atoms with Crippen LogP contribution in [-0.4, -0.2) is 11.6 Å². The second kappa shape index (κ2) is 8.06. The van der Waals surface area contributed by atoms with Gasteiger partial charge in [-0.3, -0.25) is 4.84 Å². The second-order valence-corrected chi connectivity index (χ2v) is 8.31. The van der Waals surface area contributed by atoms with Gasteiger partial charge in [-0.15, -0.1) is 0 Å². The van der Waals surface area contributed by atoms with Gasteiger partial charge in [0, 0.05) is 11.1 Å². The second-order valence-electron chi connectivity index (χ2n) is 8.31. The van der Waals surface area contributed by atoms with Gasteiger partial charge >= 0.3 is 11.8 Å². The molecule has 2 N–H and O–H groups in total. The van der Waals surface area contributed by atoms with Crippen LogP contribution in [0.5, 0.6) is 11.5 Å². The minimum atomic E-state index is -1.14. The summed E-state index contributed by atoms with van der Waals surface area (Å²) in [5.74, 6) is 4.74. The lowest BCUT2D eigenvalue weighted by Crippen LogP contribution is -2.36. The molecule has 1 atom stereocenters. The molecule has 1 heterocycles. The molecule has 6 nitrogen and oxygen atoms in total. The van der Waals surface area contributed by atoms with E-state index >= 15 is 0 Å². The molecule has 3 aromatic rings. The smallest absolute Gasteiger partial charge is 0.342 e. The average Bonchev–Trinajstić information content (AvgIpc) is 3.14. The van der Waals surface area contributed by atoms with E-state index in [0.717, 1.165) is 11.1 Å². The molecule has 0 amide bonds. The Morgan fingerprint density at radius 1 is 0.871 bits per heavy atom. The highest BCUT2D eigenvalue weighted by atomic mass is 16.7. The van der Waals surface area contributed by atoms with Gasteiger partial charge in [0.2, 0.25) is 6.10 Å². The first kappa shape index (κ1) is 20.9. The van der Waals surface area contributed by atoms with E-state index < -0.39 is 23.5 Å². The molecule has 160 valence electrons. The molecule has 0 fully saturated rings. The molecule has 0 unspecified atom stereocenters. The molecule has 0 aliphatic carbocycles. The number of carbonyl (C=O) groups excluding carboxylic acids is 1. The number of benzene rings is 3. The summed E-state index contributed by atoms with van der Waals surface area (Å²) in [6, 6.07) is 24.6. The Hall–Kier alpha value is -3.35. The van der Waals surface area contributed by atoms with Crippen LogP contribution in [0.1, 0.15) is 43.6 Å². The van der Waals surface area contributed by atoms with E-state index in [0.29, 0.717) is 17.1 Å². The quantitative estimate of drug-likeness (QED) is 0.480. The van der Waals surface area contributed by atoms with Gasteiger partial charge in [0.25, 0.3) is 0 Å². The maximum Gasteiger partial charge on any atom is 0.342 e. The number of hydrogen-bond donors (Lipinski definition) is 1. The van der Waals surface area contributed by atoms with E-state index in [-0.39, 0.29) is 0 Å². The van der Waals surface area contributed by atoms with Crippen molar-refractivity contribution in [2.75, 3.05) is 0 Å². The van der Waals surface area contributed by atoms with Gasteiger partial charge in [0.05, 0.1) is 0 Å². The van der Waals surface area contributed by atoms with Crippen molar-refractivity contribution in [2.45, 2.75) is 38.3 Å². The molecular weight excluding hydrogens is 394 g/mol. The van der Waals surface area contributed by atoms with E-state index in [1.807, 2.05) is 60.7 Å². The molecule has 1 aliphatic rings. The molecule has 4 rings (SSSR count). The van der Waals surface area contributed by atoms with Crippen LogP contribution in [-0.2, 0) is 20.2 Å². The van der Waals surface area contributed by atoms with Gasteiger partial charge in [0.15, 0.2) is 11.5 Å². The Morgan fingerprint density at radius 2 is 1.42 bits per heavy atom. The normalized spacial score (nSPS) is 15.4. The molecule has 0 saturated heterocycles. The summed E-state index contributed by atoms with van der Waals surface area (Å²) in [5.41, 5.74) is 1.53. The lowest BCUT2D eigenvalue weighted by Gasteiger charge is -2.28. The summed E-state index contributed by atoms with van der Waals surface area (Å²) in [6.07, 6.45) is -1.09. The van der Waals surface area contributed by atoms with Crippen LogP contribution in [0.2, 0.25) is 0 Å². The monoisotopic (exact) mass is 419 g/mol. The topological polar surface area (TPSA) is 80.0 Å². The van der Waals surface area contributed by atoms with Crippen LogP contribution >= 0.6 is 0 Å². The summed E-state index contributed by atoms with van der Waals surface area (Å²) >= 11 is 0. The van der Waals surface area contributed by atoms with Gasteiger partial charge in [-0.25, -0.2) is 10.7 Å². The summed E-state index contributed by atoms with van der Waals surface area (Å²) < 4.78 is 18.2. The maximum absolute atomic E-state index is 12.6. The van der Waals surface area contributed by atoms with E-state index in [9.17, 15) is 4.79 Å². The van der Waals surface area contributed by atoms with Crippen molar-refractivity contribution in [1.82, 2.24) is 0 Å². The average molecular weight is 419 g/mol. The van der Waals surface area contributed by atoms with Crippen LogP contribution < -0.4 is 15.4 Å². The number of nitrogens with two attached hydrogens (primary N) is 1. The highest BCUT2D eigenvalue weighted by Crippen LogP contribution is 2.48. The summed E-state index contributed by atoms with van der Waals surface area (Å²) in [7, 11) is 0. The predicted octanol–water partition coefficient (Wildman–Crippen LogP) is 4.63. The number of carbonyl (C=O) groups is 1. The molecule has 1 aliphatic heterocycles. The zero-order valence-corrected chi connectivity index (χ0v) is 17.7. The SMILES string of the molecule is CC(C)(C)OC(=O)[C@@H](ON)c1ccc2c(c1)OC(c1ccccc1)(c1ccccc1)O2. The van der Waals surface area contributed by atoms with E-state index in [1.165, 1.54) is 0 Å². The first-order valence-electron chi connectivity index (χ1n) is 10.0. The van der Waals surface area contributed by atoms with Crippen molar-refractivity contribution in [2.24, 2.45) is 5.90 Å². The first-order chi connectivity index (χ1) is 14.8. The highest BCUT2D eigenvalue weighted by Gasteiger charge is 2.45. The third-order valence-corrected chi connectivity index (χ3v) is 4.84. The van der Waals surface area contributed by atoms with Crippen LogP contribution in [0.3, 0.4) is 0 Å². The first-order valence-corrected chi connectivity index (χ1v) is 10.0. The minimum Gasteiger partial charge on any atom is -0.458 e. The van der Waals surface area contributed by atoms with Crippen molar-refractivity contribution in [3.05, 3.63) is 95.6 Å². The Balaban J connectivity index is 1.71. The fraction of sp³-hybridized carbons (Fsp3) is 0.240. The molecule has 0 spiro atoms. The van der Waals surface area contributed by atoms with E-state index in [2.05, 4.69) is 0 Å². The molecule has 0 saturated carbocycles. The summed E-state index contributed by atoms with van der Waals surface area (Å²) in [4.78, 5) is 17.5. The van der Waals surface area contributed by atoms with Crippen molar-refractivity contribution in [1.29, 1.82) is 0 Å². The zero-order chi connectivity index (χ0) is 22.1. The van der Waals surface area contributed by atoms with Gasteiger partial charge in [0.1, 0.15) is 5.60 Å². The molecule has 0 bridgehead atoms. The maximum atomic E-state index is 12.6. The van der Waals surface area contributed by atoms with Crippen LogP contribution in [0.25, 0.3) is 0 Å². The Morgan fingerprint density at radius 3 is 1.94 bits per heavy atom. The third-order valence-electron chi connectivity index (χ3n) is 4.84. The van der Waals surface area contributed by atoms with Gasteiger partial charge < -0.3 is 14.2 Å². The number of ether oxygens (including phenoxy) is 3. The van der Waals surface area contributed by atoms with Crippen molar-refractivity contribution < 1.29 is 23.8 Å². The van der Waals surface area contributed by atoms with E-state index in [4.69, 9.17) is 24.9 Å². The van der Waals surface area contributed by atoms with Crippen LogP contribution in [0.4, 0.5) is 0 Å². The Kier molecular flexibility index (Phi) is 5.43. The van der Waals surface area contributed by atoms with Gasteiger partial charge in [-0.2, -0.15) is 0 Å². The van der Waals surface area contributed by atoms with Crippen molar-refractivity contribution in [3.63, 3.8) is 0 Å². The fourth-order valence-electron chi connectivity index (χ4n) is 3.53. The number of esters is 1. The number of fused-ring (bicyclic) bond motifs is 1. The van der Waals surface area contributed by atoms with Crippen LogP contribution in [0.15, 0.2) is 78.9 Å². The van der Waals surface area contributed by atoms with Crippen LogP contribution in [0, 0.1) is 0 Å². The Bertz CT molecular complexity index is 1020. The third kappa shape index (κ3) is 4.13. The van der Waals surface area contributed by atoms with Crippen molar-refractivity contribution in [3.8, 4) is 11.5 Å². The lowest BCUT2D eigenvalue weighted by molar-refractivity contribution is -0.169. The predicted molar refractivity (Wildman–Crippen MR) is 115 cm³/mol. The largest absolute Gasteiger partial charge is 0.458 e. The number of hydrogen-bond acceptors (Lipinski definition) is 6. The highest BCUT2D eigenvalue weighted by molar-refractivity contribution is 5.77. The standard InChI is InChI=1S/C25H25NO5/c1-24(2,3)30-23(27)22(31-26)17-14-15-20-21(16-17)29-25(28-20,18-10-6-4-7-11-18)19-12-8-5-9-13-19/h4-16,22H,26H2,1-3H3/t22-/m0/s1. The van der Waals surface area contributed by atoms with Crippen molar-refractivity contribution >= 4 is 5.97 Å². The molecule has 0 aromatic heterocycles. The number of rotatable bonds is 5. The summed E-state index contributed by atoms with van der Waals surface area (Å²) in [6.45, 7) is 5.35. The van der Waals surface area contributed by atoms with Gasteiger partial charge in [-0.1, -0.05) is 66.7 Å². The molecule has 3 aromatic carbocycles. The van der Waals surface area contributed by atoms with E-state index in [1.54, 1.807) is 39.0 Å². The van der Waals surface area contributed by atoms with Gasteiger partial charge in [-0.05, 0) is 38.5 Å². The minimum absolute atomic E-state index is 0.482. The fourth-order valence-corrected chi connectivity index (χ4v) is 3.53. The molecular formula is C25H25NO5.